The number of benzene rings is 3. The smallest absolute Gasteiger partial charge is 0.238 e. The lowest BCUT2D eigenvalue weighted by atomic mass is 9.73. The average Bonchev–Trinajstić information content (AvgIpc) is 2.83. The molecule has 0 radical (unpaired) electrons. The maximum Gasteiger partial charge on any atom is 0.238 e. The van der Waals surface area contributed by atoms with Crippen molar-refractivity contribution in [3.63, 3.8) is 0 Å². The lowest BCUT2D eigenvalue weighted by Gasteiger charge is -2.52. The van der Waals surface area contributed by atoms with Crippen LogP contribution in [0.5, 0.6) is 5.75 Å². The number of carbonyl (C=O) groups is 2. The Morgan fingerprint density at radius 2 is 1.48 bits per heavy atom. The summed E-state index contributed by atoms with van der Waals surface area (Å²) in [5, 5.41) is 0. The highest BCUT2D eigenvalue weighted by atomic mass is 16.5. The van der Waals surface area contributed by atoms with Gasteiger partial charge in [-0.3, -0.25) is 9.59 Å². The minimum Gasteiger partial charge on any atom is -0.468 e. The van der Waals surface area contributed by atoms with Gasteiger partial charge in [0.1, 0.15) is 11.7 Å². The predicted octanol–water partition coefficient (Wildman–Crippen LogP) is 4.59. The minimum atomic E-state index is -0.777. The van der Waals surface area contributed by atoms with Crippen LogP contribution in [0.25, 0.3) is 0 Å². The summed E-state index contributed by atoms with van der Waals surface area (Å²) < 4.78 is 6.23. The molecule has 2 aliphatic heterocycles. The summed E-state index contributed by atoms with van der Waals surface area (Å²) in [7, 11) is 1.74. The van der Waals surface area contributed by atoms with Gasteiger partial charge in [-0.1, -0.05) is 78.9 Å². The average molecular weight is 441 g/mol. The van der Waals surface area contributed by atoms with E-state index < -0.39 is 11.6 Å². The molecule has 3 aromatic rings. The van der Waals surface area contributed by atoms with E-state index in [2.05, 4.69) is 0 Å². The van der Waals surface area contributed by atoms with Gasteiger partial charge in [0.15, 0.2) is 5.72 Å². The Morgan fingerprint density at radius 3 is 2.09 bits per heavy atom. The molecule has 0 saturated carbocycles. The molecule has 2 heterocycles. The molecule has 0 aromatic heterocycles. The highest BCUT2D eigenvalue weighted by molar-refractivity contribution is 6.02. The number of hydrogen-bond donors (Lipinski definition) is 0. The van der Waals surface area contributed by atoms with Crippen molar-refractivity contribution in [2.45, 2.75) is 38.1 Å². The monoisotopic (exact) mass is 440 g/mol. The third-order valence-corrected chi connectivity index (χ3v) is 6.97. The molecular formula is C28H28N2O3. The third kappa shape index (κ3) is 3.88. The first-order valence-electron chi connectivity index (χ1n) is 11.4. The molecular weight excluding hydrogens is 412 g/mol. The summed E-state index contributed by atoms with van der Waals surface area (Å²) in [6, 6.07) is 27.7. The van der Waals surface area contributed by atoms with Crippen molar-refractivity contribution in [3.05, 3.63) is 102 Å². The number of likely N-dealkylation sites (tertiary alicyclic amines) is 1. The van der Waals surface area contributed by atoms with Gasteiger partial charge in [-0.05, 0) is 29.7 Å². The van der Waals surface area contributed by atoms with Crippen molar-refractivity contribution >= 4 is 11.8 Å². The Hall–Kier alpha value is -3.60. The molecule has 2 amide bonds. The molecule has 1 fully saturated rings. The van der Waals surface area contributed by atoms with Crippen molar-refractivity contribution in [3.8, 4) is 5.75 Å². The summed E-state index contributed by atoms with van der Waals surface area (Å²) in [5.74, 6) is -0.556. The molecule has 5 heteroatoms. The van der Waals surface area contributed by atoms with Gasteiger partial charge in [-0.2, -0.15) is 0 Å². The van der Waals surface area contributed by atoms with Crippen LogP contribution in [0.2, 0.25) is 0 Å². The van der Waals surface area contributed by atoms with Gasteiger partial charge in [0.2, 0.25) is 11.8 Å². The normalized spacial score (nSPS) is 23.5. The van der Waals surface area contributed by atoms with E-state index in [4.69, 9.17) is 4.74 Å². The lowest BCUT2D eigenvalue weighted by Crippen LogP contribution is -2.63. The maximum absolute atomic E-state index is 14.1. The topological polar surface area (TPSA) is 49.9 Å². The van der Waals surface area contributed by atoms with E-state index in [0.29, 0.717) is 19.5 Å². The SMILES string of the molecule is CN1C(=O)[C@@H](C(=O)N(Cc2ccccc2)Cc2ccccc2)[C@@H]2C[C@@]1(C)Oc1ccccc12. The number of amides is 2. The van der Waals surface area contributed by atoms with Crippen LogP contribution in [0.3, 0.4) is 0 Å². The lowest BCUT2D eigenvalue weighted by molar-refractivity contribution is -0.174. The van der Waals surface area contributed by atoms with Crippen molar-refractivity contribution in [2.24, 2.45) is 5.92 Å². The van der Waals surface area contributed by atoms with E-state index in [-0.39, 0.29) is 17.7 Å². The van der Waals surface area contributed by atoms with E-state index >= 15 is 0 Å². The first kappa shape index (κ1) is 21.3. The van der Waals surface area contributed by atoms with Crippen molar-refractivity contribution in [1.29, 1.82) is 0 Å². The van der Waals surface area contributed by atoms with Crippen LogP contribution in [-0.4, -0.2) is 34.4 Å². The second kappa shape index (κ2) is 8.39. The number of ether oxygens (including phenoxy) is 1. The van der Waals surface area contributed by atoms with E-state index in [0.717, 1.165) is 22.4 Å². The highest BCUT2D eigenvalue weighted by Crippen LogP contribution is 2.50. The number of rotatable bonds is 5. The van der Waals surface area contributed by atoms with Crippen LogP contribution >= 0.6 is 0 Å². The molecule has 2 aliphatic rings. The number of carbonyl (C=O) groups excluding carboxylic acids is 2. The summed E-state index contributed by atoms with van der Waals surface area (Å²) in [6.45, 7) is 2.83. The molecule has 2 bridgehead atoms. The zero-order valence-electron chi connectivity index (χ0n) is 19.0. The van der Waals surface area contributed by atoms with E-state index in [9.17, 15) is 9.59 Å². The quantitative estimate of drug-likeness (QED) is 0.546. The van der Waals surface area contributed by atoms with Crippen LogP contribution in [0.15, 0.2) is 84.9 Å². The van der Waals surface area contributed by atoms with E-state index in [1.807, 2.05) is 96.8 Å². The number of nitrogens with zero attached hydrogens (tertiary/aromatic N) is 2. The van der Waals surface area contributed by atoms with Crippen LogP contribution in [0, 0.1) is 5.92 Å². The molecule has 0 aliphatic carbocycles. The zero-order valence-corrected chi connectivity index (χ0v) is 19.0. The van der Waals surface area contributed by atoms with Gasteiger partial charge >= 0.3 is 0 Å². The fraction of sp³-hybridized carbons (Fsp3) is 0.286. The summed E-state index contributed by atoms with van der Waals surface area (Å²) in [4.78, 5) is 31.2. The van der Waals surface area contributed by atoms with Gasteiger partial charge in [0, 0.05) is 32.5 Å². The summed E-state index contributed by atoms with van der Waals surface area (Å²) >= 11 is 0. The fourth-order valence-electron chi connectivity index (χ4n) is 5.09. The third-order valence-electron chi connectivity index (χ3n) is 6.97. The minimum absolute atomic E-state index is 0.136. The Morgan fingerprint density at radius 1 is 0.939 bits per heavy atom. The van der Waals surface area contributed by atoms with Gasteiger partial charge in [-0.25, -0.2) is 0 Å². The molecule has 0 N–H and O–H groups in total. The number of hydrogen-bond acceptors (Lipinski definition) is 3. The van der Waals surface area contributed by atoms with Crippen molar-refractivity contribution in [2.75, 3.05) is 7.05 Å². The molecule has 0 unspecified atom stereocenters. The summed E-state index contributed by atoms with van der Waals surface area (Å²) in [6.07, 6.45) is 0.590. The van der Waals surface area contributed by atoms with Crippen LogP contribution in [0.1, 0.15) is 36.0 Å². The Balaban J connectivity index is 1.53. The molecule has 5 nitrogen and oxygen atoms in total. The Kier molecular flexibility index (Phi) is 5.41. The molecule has 1 saturated heterocycles. The first-order chi connectivity index (χ1) is 16.0. The van der Waals surface area contributed by atoms with Crippen LogP contribution in [0.4, 0.5) is 0 Å². The maximum atomic E-state index is 14.1. The second-order valence-electron chi connectivity index (χ2n) is 9.17. The Labute approximate surface area is 194 Å². The zero-order chi connectivity index (χ0) is 23.0. The van der Waals surface area contributed by atoms with E-state index in [1.165, 1.54) is 0 Å². The Bertz CT molecular complexity index is 1120. The van der Waals surface area contributed by atoms with Crippen LogP contribution in [-0.2, 0) is 22.7 Å². The standard InChI is InChI=1S/C28H28N2O3/c1-28-17-23(22-15-9-10-16-24(22)33-28)25(26(31)29(28)2)27(32)30(18-20-11-5-3-6-12-20)19-21-13-7-4-8-14-21/h3-16,23,25H,17-19H2,1-2H3/t23-,25+,28-/m1/s1. The van der Waals surface area contributed by atoms with Crippen LogP contribution < -0.4 is 4.74 Å². The van der Waals surface area contributed by atoms with Gasteiger partial charge in [-0.15, -0.1) is 0 Å². The second-order valence-corrected chi connectivity index (χ2v) is 9.17. The van der Waals surface area contributed by atoms with Crippen molar-refractivity contribution < 1.29 is 14.3 Å². The van der Waals surface area contributed by atoms with E-state index in [1.54, 1.807) is 11.9 Å². The number of fused-ring (bicyclic) bond motifs is 4. The van der Waals surface area contributed by atoms with Gasteiger partial charge in [0.25, 0.3) is 0 Å². The van der Waals surface area contributed by atoms with Crippen molar-refractivity contribution in [1.82, 2.24) is 9.80 Å². The van der Waals surface area contributed by atoms with Gasteiger partial charge < -0.3 is 14.5 Å². The number of piperidine rings is 1. The molecule has 0 spiro atoms. The number of para-hydroxylation sites is 1. The largest absolute Gasteiger partial charge is 0.468 e. The van der Waals surface area contributed by atoms with Gasteiger partial charge in [0.05, 0.1) is 0 Å². The first-order valence-corrected chi connectivity index (χ1v) is 11.4. The molecule has 33 heavy (non-hydrogen) atoms. The summed E-state index contributed by atoms with van der Waals surface area (Å²) in [5.41, 5.74) is 2.26. The molecule has 5 rings (SSSR count). The fourth-order valence-corrected chi connectivity index (χ4v) is 5.09. The molecule has 3 aromatic carbocycles. The highest BCUT2D eigenvalue weighted by Gasteiger charge is 2.55. The molecule has 3 atom stereocenters. The molecule has 168 valence electrons. The predicted molar refractivity (Wildman–Crippen MR) is 126 cm³/mol.